The summed E-state index contributed by atoms with van der Waals surface area (Å²) in [5, 5.41) is 5.87. The Morgan fingerprint density at radius 2 is 2.13 bits per heavy atom. The number of hydrogen-bond donors (Lipinski definition) is 2. The summed E-state index contributed by atoms with van der Waals surface area (Å²) in [6.07, 6.45) is 3.58. The number of likely N-dealkylation sites (tertiary alicyclic amines) is 1. The van der Waals surface area contributed by atoms with Gasteiger partial charge in [-0.1, -0.05) is 26.0 Å². The molecule has 1 aliphatic rings. The zero-order valence-electron chi connectivity index (χ0n) is 14.1. The molecule has 1 atom stereocenters. The molecule has 2 N–H and O–H groups in total. The van der Waals surface area contributed by atoms with Crippen molar-refractivity contribution < 1.29 is 9.59 Å². The molecule has 0 radical (unpaired) electrons. The highest BCUT2D eigenvalue weighted by molar-refractivity contribution is 5.90. The Kier molecular flexibility index (Phi) is 6.44. The van der Waals surface area contributed by atoms with Crippen LogP contribution in [-0.2, 0) is 11.2 Å². The van der Waals surface area contributed by atoms with E-state index in [1.807, 2.05) is 31.2 Å². The SMILES string of the molecule is CCCNC(=O)C1CCCN(C(=O)Nc2cccc(CC)c2)C1. The van der Waals surface area contributed by atoms with E-state index in [0.717, 1.165) is 31.4 Å². The summed E-state index contributed by atoms with van der Waals surface area (Å²) in [7, 11) is 0. The maximum absolute atomic E-state index is 12.4. The second-order valence-corrected chi connectivity index (χ2v) is 6.06. The molecule has 1 unspecified atom stereocenters. The smallest absolute Gasteiger partial charge is 0.321 e. The first-order valence-corrected chi connectivity index (χ1v) is 8.56. The number of hydrogen-bond acceptors (Lipinski definition) is 2. The minimum Gasteiger partial charge on any atom is -0.356 e. The quantitative estimate of drug-likeness (QED) is 0.877. The van der Waals surface area contributed by atoms with Gasteiger partial charge >= 0.3 is 6.03 Å². The fourth-order valence-corrected chi connectivity index (χ4v) is 2.84. The normalized spacial score (nSPS) is 17.7. The maximum atomic E-state index is 12.4. The van der Waals surface area contributed by atoms with Gasteiger partial charge in [-0.15, -0.1) is 0 Å². The number of nitrogens with zero attached hydrogens (tertiary/aromatic N) is 1. The average molecular weight is 317 g/mol. The third kappa shape index (κ3) is 4.98. The summed E-state index contributed by atoms with van der Waals surface area (Å²) >= 11 is 0. The lowest BCUT2D eigenvalue weighted by Crippen LogP contribution is -2.47. The molecule has 0 bridgehead atoms. The van der Waals surface area contributed by atoms with Crippen LogP contribution in [-0.4, -0.2) is 36.5 Å². The number of benzene rings is 1. The van der Waals surface area contributed by atoms with Crippen molar-refractivity contribution in [2.75, 3.05) is 25.0 Å². The summed E-state index contributed by atoms with van der Waals surface area (Å²) in [6.45, 7) is 6.02. The van der Waals surface area contributed by atoms with Gasteiger partial charge in [0.1, 0.15) is 0 Å². The lowest BCUT2D eigenvalue weighted by atomic mass is 9.97. The van der Waals surface area contributed by atoms with Crippen LogP contribution in [0.25, 0.3) is 0 Å². The average Bonchev–Trinajstić information content (AvgIpc) is 2.59. The number of carbonyl (C=O) groups is 2. The molecule has 0 saturated carbocycles. The van der Waals surface area contributed by atoms with Crippen molar-refractivity contribution in [1.82, 2.24) is 10.2 Å². The van der Waals surface area contributed by atoms with Crippen LogP contribution >= 0.6 is 0 Å². The van der Waals surface area contributed by atoms with Gasteiger partial charge in [-0.25, -0.2) is 4.79 Å². The molecule has 1 aromatic carbocycles. The summed E-state index contributed by atoms with van der Waals surface area (Å²) in [4.78, 5) is 26.3. The van der Waals surface area contributed by atoms with Crippen molar-refractivity contribution in [3.05, 3.63) is 29.8 Å². The summed E-state index contributed by atoms with van der Waals surface area (Å²) in [5.41, 5.74) is 2.00. The molecule has 126 valence electrons. The number of anilines is 1. The van der Waals surface area contributed by atoms with Gasteiger partial charge in [0, 0.05) is 25.3 Å². The number of rotatable bonds is 5. The van der Waals surface area contributed by atoms with Crippen molar-refractivity contribution in [3.8, 4) is 0 Å². The first-order valence-electron chi connectivity index (χ1n) is 8.56. The lowest BCUT2D eigenvalue weighted by molar-refractivity contribution is -0.126. The van der Waals surface area contributed by atoms with E-state index in [2.05, 4.69) is 17.6 Å². The predicted octanol–water partition coefficient (Wildman–Crippen LogP) is 3.02. The van der Waals surface area contributed by atoms with Crippen LogP contribution in [0.4, 0.5) is 10.5 Å². The molecule has 5 heteroatoms. The zero-order chi connectivity index (χ0) is 16.7. The van der Waals surface area contributed by atoms with Crippen LogP contribution in [0.2, 0.25) is 0 Å². The minimum absolute atomic E-state index is 0.0670. The Balaban J connectivity index is 1.92. The van der Waals surface area contributed by atoms with E-state index in [1.165, 1.54) is 5.56 Å². The maximum Gasteiger partial charge on any atom is 0.321 e. The number of piperidine rings is 1. The summed E-state index contributed by atoms with van der Waals surface area (Å²) in [5.74, 6) is -0.0274. The molecule has 1 aromatic rings. The zero-order valence-corrected chi connectivity index (χ0v) is 14.1. The second-order valence-electron chi connectivity index (χ2n) is 6.06. The third-order valence-corrected chi connectivity index (χ3v) is 4.22. The molecule has 0 aromatic heterocycles. The number of aryl methyl sites for hydroxylation is 1. The van der Waals surface area contributed by atoms with Gasteiger partial charge in [-0.3, -0.25) is 4.79 Å². The molecule has 1 fully saturated rings. The van der Waals surface area contributed by atoms with E-state index in [9.17, 15) is 9.59 Å². The van der Waals surface area contributed by atoms with Crippen LogP contribution in [0, 0.1) is 5.92 Å². The number of urea groups is 1. The van der Waals surface area contributed by atoms with Crippen molar-refractivity contribution in [1.29, 1.82) is 0 Å². The standard InChI is InChI=1S/C18H27N3O2/c1-3-10-19-17(22)15-8-6-11-21(13-15)18(23)20-16-9-5-7-14(4-2)12-16/h5,7,9,12,15H,3-4,6,8,10-11,13H2,1-2H3,(H,19,22)(H,20,23). The molecule has 3 amide bonds. The molecule has 0 aliphatic carbocycles. The highest BCUT2D eigenvalue weighted by Gasteiger charge is 2.28. The monoisotopic (exact) mass is 317 g/mol. The first kappa shape index (κ1) is 17.3. The molecule has 1 saturated heterocycles. The van der Waals surface area contributed by atoms with Crippen LogP contribution in [0.15, 0.2) is 24.3 Å². The molecule has 0 spiro atoms. The number of amides is 3. The van der Waals surface area contributed by atoms with E-state index in [0.29, 0.717) is 19.6 Å². The van der Waals surface area contributed by atoms with E-state index >= 15 is 0 Å². The molecular weight excluding hydrogens is 290 g/mol. The molecular formula is C18H27N3O2. The van der Waals surface area contributed by atoms with Gasteiger partial charge < -0.3 is 15.5 Å². The van der Waals surface area contributed by atoms with Crippen molar-refractivity contribution in [2.45, 2.75) is 39.5 Å². The van der Waals surface area contributed by atoms with Crippen molar-refractivity contribution >= 4 is 17.6 Å². The topological polar surface area (TPSA) is 61.4 Å². The molecule has 1 heterocycles. The fourth-order valence-electron chi connectivity index (χ4n) is 2.84. The Labute approximate surface area is 138 Å². The lowest BCUT2D eigenvalue weighted by Gasteiger charge is -2.32. The Hall–Kier alpha value is -2.04. The van der Waals surface area contributed by atoms with Crippen LogP contribution < -0.4 is 10.6 Å². The number of nitrogens with one attached hydrogen (secondary N) is 2. The van der Waals surface area contributed by atoms with E-state index in [-0.39, 0.29) is 17.9 Å². The van der Waals surface area contributed by atoms with Gasteiger partial charge in [0.2, 0.25) is 5.91 Å². The van der Waals surface area contributed by atoms with Crippen molar-refractivity contribution in [3.63, 3.8) is 0 Å². The molecule has 2 rings (SSSR count). The fraction of sp³-hybridized carbons (Fsp3) is 0.556. The van der Waals surface area contributed by atoms with Crippen LogP contribution in [0.3, 0.4) is 0 Å². The molecule has 1 aliphatic heterocycles. The Morgan fingerprint density at radius 3 is 2.87 bits per heavy atom. The Morgan fingerprint density at radius 1 is 1.30 bits per heavy atom. The van der Waals surface area contributed by atoms with Gasteiger partial charge in [0.25, 0.3) is 0 Å². The van der Waals surface area contributed by atoms with Gasteiger partial charge in [-0.05, 0) is 43.4 Å². The van der Waals surface area contributed by atoms with E-state index in [4.69, 9.17) is 0 Å². The summed E-state index contributed by atoms with van der Waals surface area (Å²) in [6, 6.07) is 7.77. The highest BCUT2D eigenvalue weighted by Crippen LogP contribution is 2.18. The van der Waals surface area contributed by atoms with E-state index < -0.39 is 0 Å². The Bertz CT molecular complexity index is 545. The predicted molar refractivity (Wildman–Crippen MR) is 92.4 cm³/mol. The number of carbonyl (C=O) groups excluding carboxylic acids is 2. The van der Waals surface area contributed by atoms with Gasteiger partial charge in [0.05, 0.1) is 5.92 Å². The third-order valence-electron chi connectivity index (χ3n) is 4.22. The minimum atomic E-state index is -0.119. The van der Waals surface area contributed by atoms with Gasteiger partial charge in [-0.2, -0.15) is 0 Å². The van der Waals surface area contributed by atoms with Crippen molar-refractivity contribution in [2.24, 2.45) is 5.92 Å². The van der Waals surface area contributed by atoms with E-state index in [1.54, 1.807) is 4.90 Å². The molecule has 5 nitrogen and oxygen atoms in total. The largest absolute Gasteiger partial charge is 0.356 e. The molecule has 23 heavy (non-hydrogen) atoms. The van der Waals surface area contributed by atoms with Gasteiger partial charge in [0.15, 0.2) is 0 Å². The highest BCUT2D eigenvalue weighted by atomic mass is 16.2. The first-order chi connectivity index (χ1) is 11.1. The van der Waals surface area contributed by atoms with Crippen LogP contribution in [0.5, 0.6) is 0 Å². The van der Waals surface area contributed by atoms with Crippen LogP contribution in [0.1, 0.15) is 38.7 Å². The second kappa shape index (κ2) is 8.56. The summed E-state index contributed by atoms with van der Waals surface area (Å²) < 4.78 is 0.